The van der Waals surface area contributed by atoms with Gasteiger partial charge in [0.15, 0.2) is 31.1 Å². The molecule has 0 aromatic rings. The Morgan fingerprint density at radius 3 is 2.14 bits per heavy atom. The summed E-state index contributed by atoms with van der Waals surface area (Å²) >= 11 is 0. The van der Waals surface area contributed by atoms with Gasteiger partial charge in [0.1, 0.15) is 48.8 Å². The van der Waals surface area contributed by atoms with E-state index in [1.165, 1.54) is 0 Å². The molecule has 16 atom stereocenters. The molecule has 0 aliphatic carbocycles. The van der Waals surface area contributed by atoms with Gasteiger partial charge in [-0.3, -0.25) is 4.79 Å². The molecular weight excluding hydrogens is 582 g/mol. The standard InChI is InChI=1S/C22H37NO19/c1-5(26)23-9-6(27)2-22(37,42-15(9)10(29)7(28)3-24)21(36)40-16-14(33)18(34)41-19(35)17(16)39-20-13(32)12(31)11(30)8(4-25)38-20/h6-20,24-25,27-35,37H,2-4H2,1H3,(H,23,26)/t6-,7+,8+,9+,10+,11-,12-,13+,14+,15+,16+,17-,18-,19-,20-,22-/m0/s1. The van der Waals surface area contributed by atoms with Crippen molar-refractivity contribution in [2.24, 2.45) is 0 Å². The summed E-state index contributed by atoms with van der Waals surface area (Å²) in [7, 11) is 0. The highest BCUT2D eigenvalue weighted by molar-refractivity contribution is 5.78. The molecule has 13 N–H and O–H groups in total. The maximum atomic E-state index is 13.2. The monoisotopic (exact) mass is 619 g/mol. The molecule has 0 spiro atoms. The van der Waals surface area contributed by atoms with Crippen molar-refractivity contribution < 1.29 is 94.6 Å². The van der Waals surface area contributed by atoms with Crippen LogP contribution in [0.25, 0.3) is 0 Å². The lowest BCUT2D eigenvalue weighted by molar-refractivity contribution is -0.381. The largest absolute Gasteiger partial charge is 0.452 e. The molecular formula is C22H37NO19. The minimum absolute atomic E-state index is 0.743. The number of hydrogen-bond acceptors (Lipinski definition) is 19. The lowest BCUT2D eigenvalue weighted by Crippen LogP contribution is -2.68. The molecule has 3 heterocycles. The molecule has 3 aliphatic rings. The third-order valence-electron chi connectivity index (χ3n) is 7.09. The number of aliphatic hydroxyl groups excluding tert-OH is 11. The van der Waals surface area contributed by atoms with Gasteiger partial charge >= 0.3 is 5.97 Å². The van der Waals surface area contributed by atoms with E-state index in [-0.39, 0.29) is 0 Å². The van der Waals surface area contributed by atoms with Crippen molar-refractivity contribution in [1.82, 2.24) is 5.32 Å². The van der Waals surface area contributed by atoms with E-state index in [1.54, 1.807) is 0 Å². The van der Waals surface area contributed by atoms with E-state index in [4.69, 9.17) is 23.7 Å². The van der Waals surface area contributed by atoms with Crippen LogP contribution in [0.1, 0.15) is 13.3 Å². The molecule has 0 aromatic carbocycles. The van der Waals surface area contributed by atoms with Gasteiger partial charge < -0.3 is 90.3 Å². The summed E-state index contributed by atoms with van der Waals surface area (Å²) in [5.41, 5.74) is 0. The zero-order valence-electron chi connectivity index (χ0n) is 22.0. The van der Waals surface area contributed by atoms with Crippen LogP contribution >= 0.6 is 0 Å². The van der Waals surface area contributed by atoms with Crippen LogP contribution in [0.4, 0.5) is 0 Å². The van der Waals surface area contributed by atoms with Gasteiger partial charge in [-0.25, -0.2) is 4.79 Å². The van der Waals surface area contributed by atoms with Crippen LogP contribution in [0, 0.1) is 0 Å². The number of aliphatic hydroxyl groups is 12. The van der Waals surface area contributed by atoms with Gasteiger partial charge in [-0.05, 0) is 0 Å². The van der Waals surface area contributed by atoms with Crippen LogP contribution in [-0.2, 0) is 33.3 Å². The van der Waals surface area contributed by atoms with Crippen molar-refractivity contribution in [3.05, 3.63) is 0 Å². The van der Waals surface area contributed by atoms with E-state index >= 15 is 0 Å². The second kappa shape index (κ2) is 13.9. The van der Waals surface area contributed by atoms with E-state index < -0.39 is 129 Å². The van der Waals surface area contributed by atoms with Crippen molar-refractivity contribution in [3.8, 4) is 0 Å². The molecule has 3 fully saturated rings. The maximum absolute atomic E-state index is 13.2. The van der Waals surface area contributed by atoms with Gasteiger partial charge in [-0.1, -0.05) is 0 Å². The first-order valence-corrected chi connectivity index (χ1v) is 12.7. The maximum Gasteiger partial charge on any atom is 0.367 e. The van der Waals surface area contributed by atoms with Gasteiger partial charge in [-0.2, -0.15) is 0 Å². The first-order valence-electron chi connectivity index (χ1n) is 12.7. The molecule has 244 valence electrons. The number of rotatable bonds is 9. The predicted molar refractivity (Wildman–Crippen MR) is 125 cm³/mol. The highest BCUT2D eigenvalue weighted by Crippen LogP contribution is 2.34. The summed E-state index contributed by atoms with van der Waals surface area (Å²) in [6.07, 6.45) is -29.0. The Kier molecular flexibility index (Phi) is 11.5. The Morgan fingerprint density at radius 1 is 0.929 bits per heavy atom. The fourth-order valence-electron chi connectivity index (χ4n) is 4.78. The van der Waals surface area contributed by atoms with Crippen molar-refractivity contribution in [3.63, 3.8) is 0 Å². The molecule has 1 amide bonds. The summed E-state index contributed by atoms with van der Waals surface area (Å²) in [6, 6.07) is -1.52. The zero-order chi connectivity index (χ0) is 31.7. The first-order chi connectivity index (χ1) is 19.6. The van der Waals surface area contributed by atoms with Crippen molar-refractivity contribution in [1.29, 1.82) is 0 Å². The molecule has 0 bridgehead atoms. The molecule has 0 aromatic heterocycles. The topological polar surface area (TPSA) is 335 Å². The highest BCUT2D eigenvalue weighted by Gasteiger charge is 2.57. The fourth-order valence-corrected chi connectivity index (χ4v) is 4.78. The minimum Gasteiger partial charge on any atom is -0.452 e. The van der Waals surface area contributed by atoms with Crippen LogP contribution in [0.5, 0.6) is 0 Å². The third-order valence-corrected chi connectivity index (χ3v) is 7.09. The summed E-state index contributed by atoms with van der Waals surface area (Å²) in [4.78, 5) is 24.8. The Hall–Kier alpha value is -1.70. The Balaban J connectivity index is 1.86. The third kappa shape index (κ3) is 7.15. The minimum atomic E-state index is -3.18. The van der Waals surface area contributed by atoms with Crippen LogP contribution in [0.2, 0.25) is 0 Å². The van der Waals surface area contributed by atoms with Gasteiger partial charge in [0.25, 0.3) is 5.79 Å². The molecule has 0 radical (unpaired) electrons. The zero-order valence-corrected chi connectivity index (χ0v) is 22.0. The van der Waals surface area contributed by atoms with Crippen LogP contribution in [0.3, 0.4) is 0 Å². The summed E-state index contributed by atoms with van der Waals surface area (Å²) in [6.45, 7) is -0.862. The van der Waals surface area contributed by atoms with E-state index in [2.05, 4.69) is 5.32 Å². The molecule has 42 heavy (non-hydrogen) atoms. The van der Waals surface area contributed by atoms with E-state index in [9.17, 15) is 70.9 Å². The number of carbonyl (C=O) groups excluding carboxylic acids is 2. The Morgan fingerprint density at radius 2 is 1.57 bits per heavy atom. The first kappa shape index (κ1) is 34.8. The average Bonchev–Trinajstić information content (AvgIpc) is 2.93. The summed E-state index contributed by atoms with van der Waals surface area (Å²) < 4.78 is 25.6. The number of amides is 1. The molecule has 20 heteroatoms. The van der Waals surface area contributed by atoms with E-state index in [1.807, 2.05) is 0 Å². The lowest BCUT2D eigenvalue weighted by Gasteiger charge is -2.47. The van der Waals surface area contributed by atoms with Crippen molar-refractivity contribution in [2.45, 2.75) is 111 Å². The molecule has 3 aliphatic heterocycles. The Bertz CT molecular complexity index is 926. The molecule has 0 saturated carbocycles. The van der Waals surface area contributed by atoms with Gasteiger partial charge in [0, 0.05) is 13.3 Å². The molecule has 20 nitrogen and oxygen atoms in total. The van der Waals surface area contributed by atoms with Crippen molar-refractivity contribution >= 4 is 11.9 Å². The number of esters is 1. The average molecular weight is 620 g/mol. The van der Waals surface area contributed by atoms with Gasteiger partial charge in [-0.15, -0.1) is 0 Å². The quantitative estimate of drug-likeness (QED) is 0.106. The predicted octanol–water partition coefficient (Wildman–Crippen LogP) is -8.83. The number of carbonyl (C=O) groups is 2. The van der Waals surface area contributed by atoms with E-state index in [0.29, 0.717) is 0 Å². The number of nitrogens with one attached hydrogen (secondary N) is 1. The van der Waals surface area contributed by atoms with Crippen LogP contribution in [-0.4, -0.2) is 184 Å². The van der Waals surface area contributed by atoms with Crippen molar-refractivity contribution in [2.75, 3.05) is 13.2 Å². The summed E-state index contributed by atoms with van der Waals surface area (Å²) in [5.74, 6) is -5.74. The molecule has 0 unspecified atom stereocenters. The fraction of sp³-hybridized carbons (Fsp3) is 0.909. The van der Waals surface area contributed by atoms with Gasteiger partial charge in [0.2, 0.25) is 5.91 Å². The molecule has 3 saturated heterocycles. The molecule has 3 rings (SSSR count). The highest BCUT2D eigenvalue weighted by atomic mass is 16.8. The smallest absolute Gasteiger partial charge is 0.367 e. The van der Waals surface area contributed by atoms with Crippen LogP contribution in [0.15, 0.2) is 0 Å². The summed E-state index contributed by atoms with van der Waals surface area (Å²) in [5, 5.41) is 124. The van der Waals surface area contributed by atoms with Crippen LogP contribution < -0.4 is 5.32 Å². The normalized spacial score (nSPS) is 46.0. The number of ether oxygens (including phenoxy) is 5. The second-order valence-electron chi connectivity index (χ2n) is 10.2. The Labute approximate surface area is 236 Å². The number of hydrogen-bond donors (Lipinski definition) is 13. The lowest BCUT2D eigenvalue weighted by atomic mass is 9.88. The SMILES string of the molecule is CC(=O)N[C@H]1[C@H]([C@H](O)[C@H](O)CO)O[C@](O)(C(=O)O[C@@H]2[C@@H](O)[C@@H](O)O[C@H](O)[C@H]2O[C@@H]2O[C@H](CO)[C@H](O)[C@H](O)[C@H]2O)C[C@@H]1O. The van der Waals surface area contributed by atoms with Gasteiger partial charge in [0.05, 0.1) is 25.4 Å². The second-order valence-corrected chi connectivity index (χ2v) is 10.2. The van der Waals surface area contributed by atoms with E-state index in [0.717, 1.165) is 6.92 Å².